The van der Waals surface area contributed by atoms with E-state index in [1.165, 1.54) is 0 Å². The van der Waals surface area contributed by atoms with E-state index in [1.54, 1.807) is 0 Å². The van der Waals surface area contributed by atoms with Crippen molar-refractivity contribution in [3.63, 3.8) is 0 Å². The van der Waals surface area contributed by atoms with E-state index >= 15 is 0 Å². The zero-order chi connectivity index (χ0) is 7.56. The van der Waals surface area contributed by atoms with Gasteiger partial charge >= 0.3 is 0 Å². The van der Waals surface area contributed by atoms with E-state index in [1.807, 2.05) is 6.92 Å². The third kappa shape index (κ3) is 3.34. The van der Waals surface area contributed by atoms with Gasteiger partial charge in [0.15, 0.2) is 0 Å². The summed E-state index contributed by atoms with van der Waals surface area (Å²) in [5.74, 6) is 0.619. The molecule has 11 heavy (non-hydrogen) atoms. The zero-order valence-corrected chi connectivity index (χ0v) is 7.33. The summed E-state index contributed by atoms with van der Waals surface area (Å²) in [6.07, 6.45) is -2.07. The van der Waals surface area contributed by atoms with Crippen LogP contribution in [0.5, 0.6) is 0 Å². The Morgan fingerprint density at radius 1 is 1.45 bits per heavy atom. The summed E-state index contributed by atoms with van der Waals surface area (Å²) in [7, 11) is 0. The van der Waals surface area contributed by atoms with Crippen molar-refractivity contribution in [2.75, 3.05) is 13.1 Å². The molecule has 1 nitrogen and oxygen atoms in total. The molecular weight excluding hydrogens is 172 g/mol. The van der Waals surface area contributed by atoms with E-state index in [2.05, 4.69) is 5.32 Å². The lowest BCUT2D eigenvalue weighted by molar-refractivity contribution is 0.110. The first-order valence-electron chi connectivity index (χ1n) is 3.69. The second-order valence-corrected chi connectivity index (χ2v) is 3.02. The van der Waals surface area contributed by atoms with Gasteiger partial charge in [-0.15, -0.1) is 12.4 Å². The first-order valence-corrected chi connectivity index (χ1v) is 3.69. The lowest BCUT2D eigenvalue weighted by atomic mass is 9.95. The Labute approximate surface area is 72.0 Å². The summed E-state index contributed by atoms with van der Waals surface area (Å²) in [5, 5.41) is 3.09. The van der Waals surface area contributed by atoms with Crippen molar-refractivity contribution in [3.8, 4) is 0 Å². The van der Waals surface area contributed by atoms with Crippen LogP contribution in [0.1, 0.15) is 13.3 Å². The van der Waals surface area contributed by atoms with Crippen molar-refractivity contribution in [1.82, 2.24) is 5.32 Å². The van der Waals surface area contributed by atoms with Gasteiger partial charge in [-0.2, -0.15) is 0 Å². The summed E-state index contributed by atoms with van der Waals surface area (Å²) < 4.78 is 23.7. The van der Waals surface area contributed by atoms with Crippen LogP contribution in [0.3, 0.4) is 0 Å². The fraction of sp³-hybridized carbons (Fsp3) is 1.00. The van der Waals surface area contributed by atoms with Gasteiger partial charge in [0.2, 0.25) is 6.43 Å². The molecule has 0 spiro atoms. The Morgan fingerprint density at radius 3 is 2.45 bits per heavy atom. The lowest BCUT2D eigenvalue weighted by Crippen LogP contribution is -2.13. The molecule has 0 aromatic carbocycles. The highest BCUT2D eigenvalue weighted by molar-refractivity contribution is 5.85. The average Bonchev–Trinajstić information content (AvgIpc) is 2.15. The Bertz CT molecular complexity index is 111. The lowest BCUT2D eigenvalue weighted by Gasteiger charge is -2.12. The van der Waals surface area contributed by atoms with Crippen LogP contribution >= 0.6 is 12.4 Å². The number of hydrogen-bond acceptors (Lipinski definition) is 1. The molecule has 1 aliphatic heterocycles. The Morgan fingerprint density at radius 2 is 2.09 bits per heavy atom. The topological polar surface area (TPSA) is 12.0 Å². The average molecular weight is 186 g/mol. The third-order valence-corrected chi connectivity index (χ3v) is 2.16. The van der Waals surface area contributed by atoms with Gasteiger partial charge in [-0.3, -0.25) is 0 Å². The molecule has 0 radical (unpaired) electrons. The van der Waals surface area contributed by atoms with Crippen molar-refractivity contribution < 1.29 is 8.78 Å². The number of hydrogen-bond donors (Lipinski definition) is 1. The quantitative estimate of drug-likeness (QED) is 0.693. The molecule has 2 unspecified atom stereocenters. The van der Waals surface area contributed by atoms with Gasteiger partial charge in [-0.05, 0) is 24.9 Å². The number of alkyl halides is 2. The maximum atomic E-state index is 11.8. The Balaban J connectivity index is 0.000001000. The molecule has 1 fully saturated rings. The smallest absolute Gasteiger partial charge is 0.239 e. The molecule has 2 atom stereocenters. The van der Waals surface area contributed by atoms with Crippen molar-refractivity contribution in [2.24, 2.45) is 11.8 Å². The highest BCUT2D eigenvalue weighted by atomic mass is 35.5. The van der Waals surface area contributed by atoms with Gasteiger partial charge < -0.3 is 5.32 Å². The Kier molecular flexibility index (Phi) is 4.93. The Hall–Kier alpha value is 0.110. The fourth-order valence-electron chi connectivity index (χ4n) is 1.41. The molecule has 68 valence electrons. The number of rotatable bonds is 2. The SMILES string of the molecule is CC1CNCC1CC(F)F.Cl. The number of nitrogens with one attached hydrogen (secondary N) is 1. The predicted octanol–water partition coefficient (Wildman–Crippen LogP) is 1.92. The molecule has 0 amide bonds. The monoisotopic (exact) mass is 185 g/mol. The van der Waals surface area contributed by atoms with Gasteiger partial charge in [0.1, 0.15) is 0 Å². The minimum Gasteiger partial charge on any atom is -0.316 e. The minimum absolute atomic E-state index is 0. The van der Waals surface area contributed by atoms with Crippen LogP contribution in [0, 0.1) is 11.8 Å². The van der Waals surface area contributed by atoms with E-state index < -0.39 is 6.43 Å². The highest BCUT2D eigenvalue weighted by Gasteiger charge is 2.25. The molecule has 1 rings (SSSR count). The van der Waals surface area contributed by atoms with Crippen molar-refractivity contribution in [2.45, 2.75) is 19.8 Å². The standard InChI is InChI=1S/C7H13F2N.ClH/c1-5-3-10-4-6(5)2-7(8)9;/h5-7,10H,2-4H2,1H3;1H. The summed E-state index contributed by atoms with van der Waals surface area (Å²) in [5.41, 5.74) is 0. The van der Waals surface area contributed by atoms with Crippen molar-refractivity contribution >= 4 is 12.4 Å². The van der Waals surface area contributed by atoms with E-state index in [0.29, 0.717) is 5.92 Å². The van der Waals surface area contributed by atoms with Crippen LogP contribution in [-0.2, 0) is 0 Å². The van der Waals surface area contributed by atoms with Gasteiger partial charge in [-0.25, -0.2) is 8.78 Å². The van der Waals surface area contributed by atoms with Gasteiger partial charge in [0.25, 0.3) is 0 Å². The maximum Gasteiger partial charge on any atom is 0.239 e. The minimum atomic E-state index is -2.13. The van der Waals surface area contributed by atoms with Crippen LogP contribution < -0.4 is 5.32 Å². The molecule has 0 aromatic rings. The van der Waals surface area contributed by atoms with Crippen molar-refractivity contribution in [1.29, 1.82) is 0 Å². The molecule has 1 saturated heterocycles. The second-order valence-electron chi connectivity index (χ2n) is 3.02. The fourth-order valence-corrected chi connectivity index (χ4v) is 1.41. The first kappa shape index (κ1) is 11.1. The van der Waals surface area contributed by atoms with Crippen molar-refractivity contribution in [3.05, 3.63) is 0 Å². The molecule has 4 heteroatoms. The normalized spacial score (nSPS) is 30.5. The molecule has 0 aromatic heterocycles. The van der Waals surface area contributed by atoms with Crippen LogP contribution in [0.4, 0.5) is 8.78 Å². The van der Waals surface area contributed by atoms with E-state index in [4.69, 9.17) is 0 Å². The van der Waals surface area contributed by atoms with Gasteiger partial charge in [0, 0.05) is 6.42 Å². The first-order chi connectivity index (χ1) is 4.70. The third-order valence-electron chi connectivity index (χ3n) is 2.16. The molecule has 0 saturated carbocycles. The van der Waals surface area contributed by atoms with Crippen LogP contribution in [0.2, 0.25) is 0 Å². The molecular formula is C7H14ClF2N. The van der Waals surface area contributed by atoms with Crippen LogP contribution in [0.15, 0.2) is 0 Å². The van der Waals surface area contributed by atoms with E-state index in [9.17, 15) is 8.78 Å². The maximum absolute atomic E-state index is 11.8. The summed E-state index contributed by atoms with van der Waals surface area (Å²) in [6.45, 7) is 3.69. The van der Waals surface area contributed by atoms with Gasteiger partial charge in [0.05, 0.1) is 0 Å². The molecule has 1 aliphatic rings. The largest absolute Gasteiger partial charge is 0.316 e. The zero-order valence-electron chi connectivity index (χ0n) is 6.52. The van der Waals surface area contributed by atoms with Crippen LogP contribution in [0.25, 0.3) is 0 Å². The molecule has 1 N–H and O–H groups in total. The molecule has 1 heterocycles. The summed E-state index contributed by atoms with van der Waals surface area (Å²) in [4.78, 5) is 0. The predicted molar refractivity (Wildman–Crippen MR) is 43.4 cm³/mol. The highest BCUT2D eigenvalue weighted by Crippen LogP contribution is 2.22. The van der Waals surface area contributed by atoms with E-state index in [0.717, 1.165) is 13.1 Å². The van der Waals surface area contributed by atoms with Crippen LogP contribution in [-0.4, -0.2) is 19.5 Å². The molecule has 0 bridgehead atoms. The summed E-state index contributed by atoms with van der Waals surface area (Å²) in [6, 6.07) is 0. The second kappa shape index (κ2) is 4.88. The number of halogens is 3. The van der Waals surface area contributed by atoms with Gasteiger partial charge in [-0.1, -0.05) is 6.92 Å². The summed E-state index contributed by atoms with van der Waals surface area (Å²) >= 11 is 0. The van der Waals surface area contributed by atoms with E-state index in [-0.39, 0.29) is 24.7 Å². The molecule has 0 aliphatic carbocycles.